The molecule has 1 rings (SSSR count). The van der Waals surface area contributed by atoms with E-state index in [1.807, 2.05) is 12.1 Å². The van der Waals surface area contributed by atoms with Gasteiger partial charge in [0.25, 0.3) is 0 Å². The van der Waals surface area contributed by atoms with E-state index in [0.717, 1.165) is 12.1 Å². The van der Waals surface area contributed by atoms with Gasteiger partial charge in [-0.2, -0.15) is 0 Å². The smallest absolute Gasteiger partial charge is 0.228 e. The third-order valence-electron chi connectivity index (χ3n) is 3.37. The van der Waals surface area contributed by atoms with Crippen LogP contribution in [0.25, 0.3) is 0 Å². The lowest BCUT2D eigenvalue weighted by molar-refractivity contribution is -0.110. The Morgan fingerprint density at radius 1 is 1.21 bits per heavy atom. The quantitative estimate of drug-likeness (QED) is 0.184. The number of carbonyl (C=O) groups excluding carboxylic acids is 1. The Kier molecular flexibility index (Phi) is 9.74. The predicted octanol–water partition coefficient (Wildman–Crippen LogP) is 4.54. The number of benzene rings is 1. The summed E-state index contributed by atoms with van der Waals surface area (Å²) in [6.45, 7) is 2.20. The molecule has 0 fully saturated rings. The van der Waals surface area contributed by atoms with Crippen molar-refractivity contribution in [3.8, 4) is 0 Å². The minimum atomic E-state index is -1.73. The van der Waals surface area contributed by atoms with E-state index in [2.05, 4.69) is 35.0 Å². The van der Waals surface area contributed by atoms with E-state index in [1.165, 1.54) is 31.2 Å². The highest BCUT2D eigenvalue weighted by molar-refractivity contribution is 7.80. The van der Waals surface area contributed by atoms with Crippen LogP contribution in [-0.4, -0.2) is 21.5 Å². The zero-order valence-corrected chi connectivity index (χ0v) is 16.5. The summed E-state index contributed by atoms with van der Waals surface area (Å²) >= 11 is 22.5. The first-order valence-corrected chi connectivity index (χ1v) is 9.34. The van der Waals surface area contributed by atoms with Gasteiger partial charge in [0, 0.05) is 5.69 Å². The van der Waals surface area contributed by atoms with Crippen LogP contribution in [0.15, 0.2) is 24.3 Å². The fourth-order valence-electron chi connectivity index (χ4n) is 2.09. The Morgan fingerprint density at radius 3 is 2.42 bits per heavy atom. The first-order valence-electron chi connectivity index (χ1n) is 7.79. The molecule has 24 heavy (non-hydrogen) atoms. The minimum absolute atomic E-state index is 0.247. The lowest BCUT2D eigenvalue weighted by Crippen LogP contribution is -2.53. The van der Waals surface area contributed by atoms with Gasteiger partial charge in [-0.25, -0.2) is 0 Å². The average molecular weight is 411 g/mol. The number of anilines is 1. The molecule has 134 valence electrons. The molecule has 0 aliphatic heterocycles. The van der Waals surface area contributed by atoms with Crippen LogP contribution >= 0.6 is 47.0 Å². The molecule has 0 saturated carbocycles. The zero-order valence-electron chi connectivity index (χ0n) is 13.5. The van der Waals surface area contributed by atoms with Gasteiger partial charge in [0.15, 0.2) is 5.11 Å². The van der Waals surface area contributed by atoms with Crippen molar-refractivity contribution in [2.24, 2.45) is 0 Å². The van der Waals surface area contributed by atoms with E-state index in [9.17, 15) is 4.79 Å². The third-order valence-corrected chi connectivity index (χ3v) is 4.24. The van der Waals surface area contributed by atoms with Gasteiger partial charge >= 0.3 is 0 Å². The number of alkyl halides is 3. The second-order valence-electron chi connectivity index (χ2n) is 5.37. The second-order valence-corrected chi connectivity index (χ2v) is 8.14. The number of aryl methyl sites for hydroxylation is 1. The van der Waals surface area contributed by atoms with Crippen LogP contribution in [0.4, 0.5) is 5.69 Å². The van der Waals surface area contributed by atoms with Gasteiger partial charge in [-0.3, -0.25) is 4.79 Å². The van der Waals surface area contributed by atoms with Gasteiger partial charge in [0.05, 0.1) is 0 Å². The molecule has 1 atom stereocenters. The highest BCUT2D eigenvalue weighted by Gasteiger charge is 2.32. The van der Waals surface area contributed by atoms with Crippen molar-refractivity contribution >= 4 is 64.2 Å². The van der Waals surface area contributed by atoms with Crippen LogP contribution < -0.4 is 16.0 Å². The molecule has 0 aliphatic carbocycles. The molecule has 3 N–H and O–H groups in total. The minimum Gasteiger partial charge on any atom is -0.339 e. The molecule has 0 aliphatic rings. The summed E-state index contributed by atoms with van der Waals surface area (Å²) in [5, 5.41) is 8.36. The molecule has 0 heterocycles. The number of carbonyl (C=O) groups is 1. The van der Waals surface area contributed by atoms with Gasteiger partial charge in [-0.1, -0.05) is 73.1 Å². The summed E-state index contributed by atoms with van der Waals surface area (Å²) < 4.78 is -1.73. The fraction of sp³-hybridized carbons (Fsp3) is 0.500. The monoisotopic (exact) mass is 409 g/mol. The highest BCUT2D eigenvalue weighted by atomic mass is 35.6. The van der Waals surface area contributed by atoms with E-state index >= 15 is 0 Å². The lowest BCUT2D eigenvalue weighted by atomic mass is 10.1. The number of nitrogens with one attached hydrogen (secondary N) is 3. The highest BCUT2D eigenvalue weighted by Crippen LogP contribution is 2.28. The maximum absolute atomic E-state index is 10.6. The average Bonchev–Trinajstić information content (AvgIpc) is 2.52. The molecule has 1 aromatic carbocycles. The first kappa shape index (κ1) is 21.3. The fourth-order valence-corrected chi connectivity index (χ4v) is 2.68. The summed E-state index contributed by atoms with van der Waals surface area (Å²) in [6, 6.07) is 8.02. The first-order chi connectivity index (χ1) is 11.4. The molecular weight excluding hydrogens is 389 g/mol. The molecule has 1 amide bonds. The summed E-state index contributed by atoms with van der Waals surface area (Å²) in [6.07, 6.45) is 5.55. The second kappa shape index (κ2) is 11.0. The number of rotatable bonds is 9. The van der Waals surface area contributed by atoms with E-state index in [1.54, 1.807) is 0 Å². The molecule has 1 aromatic rings. The molecular formula is C16H22Cl3N3OS. The molecule has 0 bridgehead atoms. The van der Waals surface area contributed by atoms with Gasteiger partial charge < -0.3 is 16.0 Å². The SMILES string of the molecule is CCCCCCc1ccc(NC(=S)N[C@@H](NC=O)C(Cl)(Cl)Cl)cc1. The number of thiocarbonyl (C=S) groups is 1. The largest absolute Gasteiger partial charge is 0.339 e. The molecule has 0 unspecified atom stereocenters. The topological polar surface area (TPSA) is 53.2 Å². The Balaban J connectivity index is 2.50. The van der Waals surface area contributed by atoms with Crippen molar-refractivity contribution in [2.45, 2.75) is 49.0 Å². The van der Waals surface area contributed by atoms with E-state index in [-0.39, 0.29) is 5.11 Å². The maximum atomic E-state index is 10.6. The molecule has 0 spiro atoms. The van der Waals surface area contributed by atoms with Crippen molar-refractivity contribution in [3.63, 3.8) is 0 Å². The van der Waals surface area contributed by atoms with Crippen LogP contribution in [-0.2, 0) is 11.2 Å². The van der Waals surface area contributed by atoms with Crippen molar-refractivity contribution in [3.05, 3.63) is 29.8 Å². The molecule has 0 radical (unpaired) electrons. The third kappa shape index (κ3) is 8.38. The van der Waals surface area contributed by atoms with Crippen molar-refractivity contribution in [2.75, 3.05) is 5.32 Å². The van der Waals surface area contributed by atoms with E-state index in [0.29, 0.717) is 6.41 Å². The van der Waals surface area contributed by atoms with Crippen molar-refractivity contribution < 1.29 is 4.79 Å². The number of hydrogen-bond acceptors (Lipinski definition) is 2. The van der Waals surface area contributed by atoms with E-state index < -0.39 is 9.96 Å². The Labute approximate surface area is 163 Å². The Morgan fingerprint density at radius 2 is 1.88 bits per heavy atom. The number of unbranched alkanes of at least 4 members (excludes halogenated alkanes) is 3. The van der Waals surface area contributed by atoms with Gasteiger partial charge in [0.1, 0.15) is 6.17 Å². The standard InChI is InChI=1S/C16H22Cl3N3OS/c1-2-3-4-5-6-12-7-9-13(10-8-12)21-15(24)22-14(20-11-23)16(17,18)19/h7-11,14H,2-6H2,1H3,(H,20,23)(H2,21,22,24)/t14-/m1/s1. The van der Waals surface area contributed by atoms with Crippen LogP contribution in [0, 0.1) is 0 Å². The zero-order chi connectivity index (χ0) is 18.0. The van der Waals surface area contributed by atoms with Crippen molar-refractivity contribution in [1.82, 2.24) is 10.6 Å². The summed E-state index contributed by atoms with van der Waals surface area (Å²) in [5.74, 6) is 0. The molecule has 4 nitrogen and oxygen atoms in total. The normalized spacial score (nSPS) is 12.3. The van der Waals surface area contributed by atoms with Crippen LogP contribution in [0.5, 0.6) is 0 Å². The van der Waals surface area contributed by atoms with Gasteiger partial charge in [-0.05, 0) is 42.8 Å². The van der Waals surface area contributed by atoms with Crippen molar-refractivity contribution in [1.29, 1.82) is 0 Å². The van der Waals surface area contributed by atoms with Crippen LogP contribution in [0.3, 0.4) is 0 Å². The maximum Gasteiger partial charge on any atom is 0.228 e. The Bertz CT molecular complexity index is 520. The van der Waals surface area contributed by atoms with Gasteiger partial charge in [0.2, 0.25) is 10.2 Å². The van der Waals surface area contributed by atoms with Crippen LogP contribution in [0.1, 0.15) is 38.2 Å². The molecule has 8 heteroatoms. The number of hydrogen-bond donors (Lipinski definition) is 3. The lowest BCUT2D eigenvalue weighted by Gasteiger charge is -2.26. The number of halogens is 3. The summed E-state index contributed by atoms with van der Waals surface area (Å²) in [4.78, 5) is 10.6. The van der Waals surface area contributed by atoms with Gasteiger partial charge in [-0.15, -0.1) is 0 Å². The van der Waals surface area contributed by atoms with E-state index in [4.69, 9.17) is 47.0 Å². The van der Waals surface area contributed by atoms with Crippen LogP contribution in [0.2, 0.25) is 0 Å². The molecule has 0 aromatic heterocycles. The summed E-state index contributed by atoms with van der Waals surface area (Å²) in [5.41, 5.74) is 2.11. The molecule has 0 saturated heterocycles. The number of amides is 1. The predicted molar refractivity (Wildman–Crippen MR) is 107 cm³/mol. The Hall–Kier alpha value is -0.750. The summed E-state index contributed by atoms with van der Waals surface area (Å²) in [7, 11) is 0.